The molecule has 6 N–H and O–H groups in total. The van der Waals surface area contributed by atoms with Gasteiger partial charge in [-0.05, 0) is 47.2 Å². The summed E-state index contributed by atoms with van der Waals surface area (Å²) < 4.78 is 0. The maximum Gasteiger partial charge on any atom is 0.320 e. The highest BCUT2D eigenvalue weighted by Gasteiger charge is 2.11. The van der Waals surface area contributed by atoms with Gasteiger partial charge in [-0.2, -0.15) is 0 Å². The van der Waals surface area contributed by atoms with Crippen LogP contribution in [0.3, 0.4) is 0 Å². The van der Waals surface area contributed by atoms with Crippen LogP contribution in [0.1, 0.15) is 12.5 Å². The minimum absolute atomic E-state index is 0.293. The maximum absolute atomic E-state index is 11.8. The predicted octanol–water partition coefficient (Wildman–Crippen LogP) is 2.48. The highest BCUT2D eigenvalue weighted by atomic mass is 16.2. The van der Waals surface area contributed by atoms with E-state index < -0.39 is 0 Å². The van der Waals surface area contributed by atoms with Crippen molar-refractivity contribution in [2.24, 2.45) is 5.73 Å². The van der Waals surface area contributed by atoms with Crippen molar-refractivity contribution in [3.8, 4) is 11.1 Å². The lowest BCUT2D eigenvalue weighted by atomic mass is 9.96. The predicted molar refractivity (Wildman–Crippen MR) is 100.0 cm³/mol. The van der Waals surface area contributed by atoms with Crippen molar-refractivity contribution in [1.29, 1.82) is 0 Å². The van der Waals surface area contributed by atoms with Gasteiger partial charge in [0.15, 0.2) is 0 Å². The molecule has 0 aliphatic heterocycles. The summed E-state index contributed by atoms with van der Waals surface area (Å²) in [4.78, 5) is 20.1. The molecule has 0 fully saturated rings. The Balaban J connectivity index is 2.14. The average Bonchev–Trinajstić information content (AvgIpc) is 2.60. The van der Waals surface area contributed by atoms with Gasteiger partial charge < -0.3 is 16.8 Å². The summed E-state index contributed by atoms with van der Waals surface area (Å²) >= 11 is 0. The standard InChI is InChI=1S/C18H20N6O/c1-2-21-18(25)24-17-8-14-13(11-5-6-22-16(20)7-11)4-3-12(9-19)15(14)10-23-17/h3-8,10H,2,9,19H2,1H3,(H2,20,22)(H2,21,23,24,25). The van der Waals surface area contributed by atoms with E-state index >= 15 is 0 Å². The number of fused-ring (bicyclic) bond motifs is 1. The number of carbonyl (C=O) groups is 1. The van der Waals surface area contributed by atoms with Crippen LogP contribution in [0.25, 0.3) is 21.9 Å². The number of carbonyl (C=O) groups excluding carboxylic acids is 1. The van der Waals surface area contributed by atoms with Crippen LogP contribution < -0.4 is 22.1 Å². The molecule has 0 bridgehead atoms. The molecule has 7 heteroatoms. The zero-order valence-corrected chi connectivity index (χ0v) is 13.9. The van der Waals surface area contributed by atoms with Crippen LogP contribution in [0.5, 0.6) is 0 Å². The number of nitrogen functional groups attached to an aromatic ring is 1. The molecule has 0 atom stereocenters. The number of aromatic nitrogens is 2. The number of amides is 2. The summed E-state index contributed by atoms with van der Waals surface area (Å²) in [6.45, 7) is 2.80. The first-order valence-electron chi connectivity index (χ1n) is 8.00. The Morgan fingerprint density at radius 3 is 2.72 bits per heavy atom. The van der Waals surface area contributed by atoms with Crippen LogP contribution in [0, 0.1) is 0 Å². The molecule has 0 saturated carbocycles. The number of nitrogens with zero attached hydrogens (tertiary/aromatic N) is 2. The lowest BCUT2D eigenvalue weighted by Gasteiger charge is -2.13. The summed E-state index contributed by atoms with van der Waals surface area (Å²) in [5.74, 6) is 0.916. The zero-order chi connectivity index (χ0) is 17.8. The van der Waals surface area contributed by atoms with Crippen LogP contribution in [0.2, 0.25) is 0 Å². The van der Waals surface area contributed by atoms with Gasteiger partial charge in [0.25, 0.3) is 0 Å². The Morgan fingerprint density at radius 2 is 2.00 bits per heavy atom. The molecule has 3 rings (SSSR count). The fourth-order valence-corrected chi connectivity index (χ4v) is 2.73. The van der Waals surface area contributed by atoms with E-state index in [1.165, 1.54) is 0 Å². The van der Waals surface area contributed by atoms with Crippen LogP contribution in [0.15, 0.2) is 42.7 Å². The van der Waals surface area contributed by atoms with Crippen molar-refractivity contribution in [1.82, 2.24) is 15.3 Å². The summed E-state index contributed by atoms with van der Waals surface area (Å²) in [6, 6.07) is 9.23. The van der Waals surface area contributed by atoms with E-state index in [1.54, 1.807) is 12.4 Å². The van der Waals surface area contributed by atoms with E-state index in [-0.39, 0.29) is 6.03 Å². The molecule has 0 aliphatic carbocycles. The topological polar surface area (TPSA) is 119 Å². The van der Waals surface area contributed by atoms with Crippen LogP contribution >= 0.6 is 0 Å². The highest BCUT2D eigenvalue weighted by molar-refractivity contribution is 6.01. The quantitative estimate of drug-likeness (QED) is 0.583. The number of hydrogen-bond donors (Lipinski definition) is 4. The van der Waals surface area contributed by atoms with Crippen molar-refractivity contribution in [3.63, 3.8) is 0 Å². The molecule has 0 radical (unpaired) electrons. The van der Waals surface area contributed by atoms with E-state index in [0.29, 0.717) is 24.7 Å². The molecule has 1 aromatic carbocycles. The molecule has 0 spiro atoms. The molecule has 25 heavy (non-hydrogen) atoms. The number of urea groups is 1. The van der Waals surface area contributed by atoms with E-state index in [2.05, 4.69) is 20.6 Å². The third-order valence-corrected chi connectivity index (χ3v) is 3.88. The maximum atomic E-state index is 11.8. The van der Waals surface area contributed by atoms with Crippen molar-refractivity contribution in [2.45, 2.75) is 13.5 Å². The number of nitrogens with one attached hydrogen (secondary N) is 2. The van der Waals surface area contributed by atoms with Crippen molar-refractivity contribution in [3.05, 3.63) is 48.3 Å². The van der Waals surface area contributed by atoms with Gasteiger partial charge in [-0.1, -0.05) is 12.1 Å². The SMILES string of the molecule is CCNC(=O)Nc1cc2c(-c3ccnc(N)c3)ccc(CN)c2cn1. The van der Waals surface area contributed by atoms with Gasteiger partial charge in [0.05, 0.1) is 0 Å². The first-order valence-corrected chi connectivity index (χ1v) is 8.00. The van der Waals surface area contributed by atoms with E-state index in [0.717, 1.165) is 27.5 Å². The molecular weight excluding hydrogens is 316 g/mol. The second-order valence-corrected chi connectivity index (χ2v) is 5.55. The Bertz CT molecular complexity index is 925. The highest BCUT2D eigenvalue weighted by Crippen LogP contribution is 2.32. The third kappa shape index (κ3) is 3.51. The fraction of sp³-hybridized carbons (Fsp3) is 0.167. The van der Waals surface area contributed by atoms with Crippen LogP contribution in [-0.4, -0.2) is 22.5 Å². The molecule has 128 valence electrons. The summed E-state index contributed by atoms with van der Waals surface area (Å²) in [5, 5.41) is 7.30. The normalized spacial score (nSPS) is 10.6. The van der Waals surface area contributed by atoms with Gasteiger partial charge in [0.2, 0.25) is 0 Å². The first-order chi connectivity index (χ1) is 12.1. The van der Waals surface area contributed by atoms with Gasteiger partial charge in [0.1, 0.15) is 11.6 Å². The van der Waals surface area contributed by atoms with Crippen LogP contribution in [0.4, 0.5) is 16.4 Å². The number of hydrogen-bond acceptors (Lipinski definition) is 5. The Hall–Kier alpha value is -3.19. The van der Waals surface area contributed by atoms with Gasteiger partial charge in [0, 0.05) is 30.9 Å². The number of pyridine rings is 2. The number of nitrogens with two attached hydrogens (primary N) is 2. The second kappa shape index (κ2) is 7.14. The van der Waals surface area contributed by atoms with E-state index in [1.807, 2.05) is 37.3 Å². The Kier molecular flexibility index (Phi) is 4.76. The largest absolute Gasteiger partial charge is 0.384 e. The van der Waals surface area contributed by atoms with E-state index in [4.69, 9.17) is 11.5 Å². The lowest BCUT2D eigenvalue weighted by Crippen LogP contribution is -2.28. The molecule has 0 aliphatic rings. The first kappa shape index (κ1) is 16.7. The van der Waals surface area contributed by atoms with Gasteiger partial charge in [-0.25, -0.2) is 14.8 Å². The smallest absolute Gasteiger partial charge is 0.320 e. The lowest BCUT2D eigenvalue weighted by molar-refractivity contribution is 0.252. The Labute approximate surface area is 145 Å². The van der Waals surface area contributed by atoms with Crippen molar-refractivity contribution < 1.29 is 4.79 Å². The zero-order valence-electron chi connectivity index (χ0n) is 13.9. The molecule has 2 aromatic heterocycles. The molecule has 0 saturated heterocycles. The molecule has 7 nitrogen and oxygen atoms in total. The minimum Gasteiger partial charge on any atom is -0.384 e. The van der Waals surface area contributed by atoms with E-state index in [9.17, 15) is 4.79 Å². The number of benzene rings is 1. The molecular formula is C18H20N6O. The fourth-order valence-electron chi connectivity index (χ4n) is 2.73. The molecule has 2 heterocycles. The third-order valence-electron chi connectivity index (χ3n) is 3.88. The summed E-state index contributed by atoms with van der Waals surface area (Å²) in [6.07, 6.45) is 3.40. The Morgan fingerprint density at radius 1 is 1.16 bits per heavy atom. The monoisotopic (exact) mass is 336 g/mol. The summed E-state index contributed by atoms with van der Waals surface area (Å²) in [5.41, 5.74) is 14.6. The van der Waals surface area contributed by atoms with Gasteiger partial charge in [-0.15, -0.1) is 0 Å². The average molecular weight is 336 g/mol. The van der Waals surface area contributed by atoms with Gasteiger partial charge in [-0.3, -0.25) is 5.32 Å². The van der Waals surface area contributed by atoms with Crippen molar-refractivity contribution >= 4 is 28.4 Å². The number of anilines is 2. The van der Waals surface area contributed by atoms with Crippen LogP contribution in [-0.2, 0) is 6.54 Å². The molecule has 0 unspecified atom stereocenters. The van der Waals surface area contributed by atoms with Crippen molar-refractivity contribution in [2.75, 3.05) is 17.6 Å². The van der Waals surface area contributed by atoms with Gasteiger partial charge >= 0.3 is 6.03 Å². The minimum atomic E-state index is -0.293. The second-order valence-electron chi connectivity index (χ2n) is 5.55. The summed E-state index contributed by atoms with van der Waals surface area (Å²) in [7, 11) is 0. The molecule has 2 amide bonds. The number of rotatable bonds is 4. The molecule has 3 aromatic rings.